The Bertz CT molecular complexity index is 788. The fourth-order valence-electron chi connectivity index (χ4n) is 5.00. The van der Waals surface area contributed by atoms with E-state index in [2.05, 4.69) is 59.8 Å². The van der Waals surface area contributed by atoms with Gasteiger partial charge in [-0.05, 0) is 50.4 Å². The summed E-state index contributed by atoms with van der Waals surface area (Å²) in [6, 6.07) is 9.10. The van der Waals surface area contributed by atoms with Crippen LogP contribution in [0.2, 0.25) is 0 Å². The molecule has 4 heteroatoms. The third kappa shape index (κ3) is 4.53. The average molecular weight is 398 g/mol. The molecule has 0 aliphatic carbocycles. The molecular formula is C25H39N3O. The number of para-hydroxylation sites is 1. The van der Waals surface area contributed by atoms with E-state index in [0.29, 0.717) is 12.5 Å². The van der Waals surface area contributed by atoms with Gasteiger partial charge in [-0.25, -0.2) is 0 Å². The summed E-state index contributed by atoms with van der Waals surface area (Å²) in [4.78, 5) is 21.6. The highest BCUT2D eigenvalue weighted by molar-refractivity contribution is 5.86. The fourth-order valence-corrected chi connectivity index (χ4v) is 5.00. The maximum Gasteiger partial charge on any atom is 0.222 e. The van der Waals surface area contributed by atoms with Crippen molar-refractivity contribution in [3.63, 3.8) is 0 Å². The smallest absolute Gasteiger partial charge is 0.222 e. The first kappa shape index (κ1) is 21.9. The predicted octanol–water partition coefficient (Wildman–Crippen LogP) is 5.68. The van der Waals surface area contributed by atoms with Crippen molar-refractivity contribution >= 4 is 16.8 Å². The molecule has 0 fully saturated rings. The standard InChI is InChI=1S/C25H39N3O/c1-5-9-16-27(17-10-6-2)22(7-3)25-24-20(15-18-28(25)23(29)8-4)19-13-11-12-14-21(19)26-24/h11-14,22,25-26H,5-10,15-18H2,1-4H3. The molecular weight excluding hydrogens is 358 g/mol. The molecule has 29 heavy (non-hydrogen) atoms. The number of aromatic nitrogens is 1. The highest BCUT2D eigenvalue weighted by Gasteiger charge is 2.39. The Morgan fingerprint density at radius 2 is 1.83 bits per heavy atom. The summed E-state index contributed by atoms with van der Waals surface area (Å²) in [7, 11) is 0. The molecule has 0 spiro atoms. The van der Waals surface area contributed by atoms with Crippen LogP contribution < -0.4 is 0 Å². The van der Waals surface area contributed by atoms with Crippen molar-refractivity contribution in [2.45, 2.75) is 84.7 Å². The number of fused-ring (bicyclic) bond motifs is 3. The van der Waals surface area contributed by atoms with Gasteiger partial charge in [-0.3, -0.25) is 9.69 Å². The largest absolute Gasteiger partial charge is 0.356 e. The number of nitrogens with zero attached hydrogens (tertiary/aromatic N) is 2. The van der Waals surface area contributed by atoms with Crippen molar-refractivity contribution in [2.24, 2.45) is 0 Å². The van der Waals surface area contributed by atoms with Crippen LogP contribution in [-0.2, 0) is 11.2 Å². The molecule has 2 atom stereocenters. The van der Waals surface area contributed by atoms with Crippen molar-refractivity contribution < 1.29 is 4.79 Å². The number of carbonyl (C=O) groups excluding carboxylic acids is 1. The zero-order valence-corrected chi connectivity index (χ0v) is 18.8. The monoisotopic (exact) mass is 397 g/mol. The van der Waals surface area contributed by atoms with Crippen LogP contribution in [0.1, 0.15) is 83.5 Å². The lowest BCUT2D eigenvalue weighted by Gasteiger charge is -2.44. The van der Waals surface area contributed by atoms with Gasteiger partial charge in [0.2, 0.25) is 5.91 Å². The van der Waals surface area contributed by atoms with Gasteiger partial charge in [-0.15, -0.1) is 0 Å². The second-order valence-electron chi connectivity index (χ2n) is 8.42. The average Bonchev–Trinajstić information content (AvgIpc) is 3.14. The minimum absolute atomic E-state index is 0.123. The molecule has 1 aliphatic rings. The third-order valence-electron chi connectivity index (χ3n) is 6.55. The van der Waals surface area contributed by atoms with Crippen LogP contribution in [-0.4, -0.2) is 46.4 Å². The number of hydrogen-bond donors (Lipinski definition) is 1. The molecule has 2 aromatic rings. The van der Waals surface area contributed by atoms with Gasteiger partial charge in [0.15, 0.2) is 0 Å². The second-order valence-corrected chi connectivity index (χ2v) is 8.42. The van der Waals surface area contributed by atoms with Crippen molar-refractivity contribution in [1.29, 1.82) is 0 Å². The lowest BCUT2D eigenvalue weighted by molar-refractivity contribution is -0.135. The van der Waals surface area contributed by atoms with E-state index in [-0.39, 0.29) is 11.9 Å². The predicted molar refractivity (Wildman–Crippen MR) is 122 cm³/mol. The Morgan fingerprint density at radius 3 is 2.45 bits per heavy atom. The molecule has 160 valence electrons. The van der Waals surface area contributed by atoms with Gasteiger partial charge in [-0.1, -0.05) is 58.7 Å². The lowest BCUT2D eigenvalue weighted by Crippen LogP contribution is -2.51. The molecule has 1 aromatic carbocycles. The number of benzene rings is 1. The van der Waals surface area contributed by atoms with E-state index >= 15 is 0 Å². The maximum absolute atomic E-state index is 13.0. The van der Waals surface area contributed by atoms with E-state index < -0.39 is 0 Å². The molecule has 2 unspecified atom stereocenters. The number of rotatable bonds is 10. The molecule has 1 aromatic heterocycles. The Labute approximate surface area is 176 Å². The lowest BCUT2D eigenvalue weighted by atomic mass is 9.89. The molecule has 3 rings (SSSR count). The van der Waals surface area contributed by atoms with Crippen molar-refractivity contribution in [1.82, 2.24) is 14.8 Å². The van der Waals surface area contributed by atoms with E-state index in [0.717, 1.165) is 32.5 Å². The first-order chi connectivity index (χ1) is 14.2. The summed E-state index contributed by atoms with van der Waals surface area (Å²) < 4.78 is 0. The van der Waals surface area contributed by atoms with Crippen LogP contribution in [0.4, 0.5) is 0 Å². The number of carbonyl (C=O) groups is 1. The van der Waals surface area contributed by atoms with Crippen LogP contribution in [0.25, 0.3) is 10.9 Å². The molecule has 0 bridgehead atoms. The summed E-state index contributed by atoms with van der Waals surface area (Å²) in [5.41, 5.74) is 3.91. The van der Waals surface area contributed by atoms with Crippen LogP contribution >= 0.6 is 0 Å². The summed E-state index contributed by atoms with van der Waals surface area (Å²) in [5.74, 6) is 0.281. The van der Waals surface area contributed by atoms with Crippen LogP contribution in [0, 0.1) is 0 Å². The SMILES string of the molecule is CCCCN(CCCC)C(CC)C1c2[nH]c3ccccc3c2CCN1C(=O)CC. The molecule has 2 heterocycles. The normalized spacial score (nSPS) is 17.7. The number of aromatic amines is 1. The molecule has 4 nitrogen and oxygen atoms in total. The first-order valence-electron chi connectivity index (χ1n) is 11.8. The van der Waals surface area contributed by atoms with E-state index in [9.17, 15) is 4.79 Å². The highest BCUT2D eigenvalue weighted by Crippen LogP contribution is 2.39. The van der Waals surface area contributed by atoms with Crippen molar-refractivity contribution in [3.8, 4) is 0 Å². The van der Waals surface area contributed by atoms with Gasteiger partial charge >= 0.3 is 0 Å². The Balaban J connectivity index is 2.05. The Morgan fingerprint density at radius 1 is 1.14 bits per heavy atom. The molecule has 0 saturated carbocycles. The topological polar surface area (TPSA) is 39.3 Å². The van der Waals surface area contributed by atoms with Crippen LogP contribution in [0.5, 0.6) is 0 Å². The van der Waals surface area contributed by atoms with Crippen LogP contribution in [0.15, 0.2) is 24.3 Å². The molecule has 1 aliphatic heterocycles. The number of unbranched alkanes of at least 4 members (excludes halogenated alkanes) is 2. The van der Waals surface area contributed by atoms with Gasteiger partial charge in [0.1, 0.15) is 0 Å². The zero-order valence-electron chi connectivity index (χ0n) is 18.8. The third-order valence-corrected chi connectivity index (χ3v) is 6.55. The highest BCUT2D eigenvalue weighted by atomic mass is 16.2. The summed E-state index contributed by atoms with van der Waals surface area (Å²) in [5, 5.41) is 1.33. The Kier molecular flexibility index (Phi) is 7.77. The zero-order chi connectivity index (χ0) is 20.8. The minimum atomic E-state index is 0.123. The number of hydrogen-bond acceptors (Lipinski definition) is 2. The van der Waals surface area contributed by atoms with Gasteiger partial charge in [0.25, 0.3) is 0 Å². The number of H-pyrrole nitrogens is 1. The number of amides is 1. The van der Waals surface area contributed by atoms with E-state index in [1.807, 2.05) is 6.92 Å². The summed E-state index contributed by atoms with van der Waals surface area (Å²) in [6.45, 7) is 11.9. The summed E-state index contributed by atoms with van der Waals surface area (Å²) >= 11 is 0. The fraction of sp³-hybridized carbons (Fsp3) is 0.640. The van der Waals surface area contributed by atoms with E-state index in [1.54, 1.807) is 0 Å². The molecule has 1 N–H and O–H groups in total. The first-order valence-corrected chi connectivity index (χ1v) is 11.8. The van der Waals surface area contributed by atoms with Gasteiger partial charge in [0, 0.05) is 35.6 Å². The van der Waals surface area contributed by atoms with E-state index in [4.69, 9.17) is 0 Å². The van der Waals surface area contributed by atoms with E-state index in [1.165, 1.54) is 47.8 Å². The molecule has 0 saturated heterocycles. The van der Waals surface area contributed by atoms with Gasteiger partial charge < -0.3 is 9.88 Å². The number of nitrogens with one attached hydrogen (secondary N) is 1. The van der Waals surface area contributed by atoms with Gasteiger partial charge in [-0.2, -0.15) is 0 Å². The molecule has 1 amide bonds. The quantitative estimate of drug-likeness (QED) is 0.560. The van der Waals surface area contributed by atoms with Crippen LogP contribution in [0.3, 0.4) is 0 Å². The minimum Gasteiger partial charge on any atom is -0.356 e. The van der Waals surface area contributed by atoms with Crippen molar-refractivity contribution in [2.75, 3.05) is 19.6 Å². The summed E-state index contributed by atoms with van der Waals surface area (Å²) in [6.07, 6.45) is 7.43. The van der Waals surface area contributed by atoms with Crippen molar-refractivity contribution in [3.05, 3.63) is 35.5 Å². The Hall–Kier alpha value is -1.81. The second kappa shape index (κ2) is 10.3. The van der Waals surface area contributed by atoms with Gasteiger partial charge in [0.05, 0.1) is 6.04 Å². The molecule has 0 radical (unpaired) electrons. The maximum atomic E-state index is 13.0.